The van der Waals surface area contributed by atoms with E-state index in [4.69, 9.17) is 4.74 Å². The maximum Gasteiger partial charge on any atom is 0.219 e. The van der Waals surface area contributed by atoms with Gasteiger partial charge in [0, 0.05) is 57.9 Å². The van der Waals surface area contributed by atoms with Gasteiger partial charge in [-0.25, -0.2) is 4.39 Å². The van der Waals surface area contributed by atoms with Crippen molar-refractivity contribution in [3.8, 4) is 0 Å². The number of ether oxygens (including phenoxy) is 1. The van der Waals surface area contributed by atoms with Gasteiger partial charge in [-0.15, -0.1) is 0 Å². The zero-order chi connectivity index (χ0) is 21.6. The number of carbonyl (C=O) groups excluding carboxylic acids is 1. The largest absolute Gasteiger partial charge is 0.377 e. The first kappa shape index (κ1) is 22.7. The first-order valence-corrected chi connectivity index (χ1v) is 12.2. The molecule has 0 aliphatic carbocycles. The fraction of sp³-hybridized carbons (Fsp3) is 0.720. The molecule has 0 aromatic heterocycles. The summed E-state index contributed by atoms with van der Waals surface area (Å²) in [6.07, 6.45) is 7.19. The molecule has 0 bridgehead atoms. The highest BCUT2D eigenvalue weighted by molar-refractivity contribution is 5.73. The summed E-state index contributed by atoms with van der Waals surface area (Å²) in [4.78, 5) is 18.8. The van der Waals surface area contributed by atoms with Crippen molar-refractivity contribution >= 4 is 5.91 Å². The molecule has 1 aromatic carbocycles. The van der Waals surface area contributed by atoms with E-state index in [9.17, 15) is 9.18 Å². The number of rotatable bonds is 7. The van der Waals surface area contributed by atoms with Crippen molar-refractivity contribution in [1.82, 2.24) is 14.7 Å². The molecule has 1 aromatic rings. The van der Waals surface area contributed by atoms with E-state index in [0.29, 0.717) is 24.6 Å². The highest BCUT2D eigenvalue weighted by Gasteiger charge is 2.31. The monoisotopic (exact) mass is 431 g/mol. The zero-order valence-corrected chi connectivity index (χ0v) is 19.0. The quantitative estimate of drug-likeness (QED) is 0.662. The van der Waals surface area contributed by atoms with E-state index in [2.05, 4.69) is 9.80 Å². The SMILES string of the molecule is CC(=O)N1CCC(N(CC2CCN(Cc3ccccc3F)CC2)C[C@@H]2CCCO2)CC1. The lowest BCUT2D eigenvalue weighted by atomic mass is 9.93. The standard InChI is InChI=1S/C25H38FN3O2/c1-20(30)28-14-10-23(11-15-28)29(19-24-6-4-16-31-24)17-21-8-12-27(13-9-21)18-22-5-2-3-7-25(22)26/h2-3,5,7,21,23-24H,4,6,8-19H2,1H3/t24-/m0/s1. The maximum absolute atomic E-state index is 14.0. The normalized spacial score (nSPS) is 24.2. The van der Waals surface area contributed by atoms with Crippen molar-refractivity contribution in [2.24, 2.45) is 5.92 Å². The second-order valence-corrected chi connectivity index (χ2v) is 9.64. The minimum Gasteiger partial charge on any atom is -0.377 e. The van der Waals surface area contributed by atoms with Crippen molar-refractivity contribution in [2.45, 2.75) is 64.1 Å². The van der Waals surface area contributed by atoms with Crippen molar-refractivity contribution in [3.05, 3.63) is 35.6 Å². The van der Waals surface area contributed by atoms with E-state index >= 15 is 0 Å². The summed E-state index contributed by atoms with van der Waals surface area (Å²) in [6, 6.07) is 7.69. The summed E-state index contributed by atoms with van der Waals surface area (Å²) in [5.74, 6) is 0.791. The number of likely N-dealkylation sites (tertiary alicyclic amines) is 2. The number of hydrogen-bond acceptors (Lipinski definition) is 4. The van der Waals surface area contributed by atoms with Gasteiger partial charge in [-0.3, -0.25) is 14.6 Å². The van der Waals surface area contributed by atoms with E-state index in [1.54, 1.807) is 19.1 Å². The Hall–Kier alpha value is -1.50. The molecule has 1 atom stereocenters. The Kier molecular flexibility index (Phi) is 7.96. The van der Waals surface area contributed by atoms with Gasteiger partial charge in [0.25, 0.3) is 0 Å². The van der Waals surface area contributed by atoms with Crippen molar-refractivity contribution in [3.63, 3.8) is 0 Å². The van der Waals surface area contributed by atoms with E-state index in [0.717, 1.165) is 64.3 Å². The number of halogens is 1. The van der Waals surface area contributed by atoms with Crippen LogP contribution >= 0.6 is 0 Å². The summed E-state index contributed by atoms with van der Waals surface area (Å²) in [5, 5.41) is 0. The second kappa shape index (κ2) is 10.9. The molecule has 0 spiro atoms. The van der Waals surface area contributed by atoms with E-state index in [1.807, 2.05) is 17.0 Å². The lowest BCUT2D eigenvalue weighted by Crippen LogP contribution is -2.50. The van der Waals surface area contributed by atoms with Gasteiger partial charge in [0.2, 0.25) is 5.91 Å². The molecule has 31 heavy (non-hydrogen) atoms. The average molecular weight is 432 g/mol. The van der Waals surface area contributed by atoms with Crippen LogP contribution in [0.1, 0.15) is 51.0 Å². The van der Waals surface area contributed by atoms with Crippen molar-refractivity contribution in [1.29, 1.82) is 0 Å². The fourth-order valence-electron chi connectivity index (χ4n) is 5.49. The molecule has 0 unspecified atom stereocenters. The molecule has 4 rings (SSSR count). The van der Waals surface area contributed by atoms with E-state index in [-0.39, 0.29) is 11.7 Å². The molecule has 0 saturated carbocycles. The Labute approximate surface area is 186 Å². The van der Waals surface area contributed by atoms with Crippen LogP contribution in [0.2, 0.25) is 0 Å². The number of carbonyl (C=O) groups is 1. The molecule has 3 fully saturated rings. The number of hydrogen-bond donors (Lipinski definition) is 0. The van der Waals surface area contributed by atoms with Gasteiger partial charge in [-0.05, 0) is 63.6 Å². The Balaban J connectivity index is 1.29. The summed E-state index contributed by atoms with van der Waals surface area (Å²) in [5.41, 5.74) is 0.804. The Morgan fingerprint density at radius 3 is 2.45 bits per heavy atom. The van der Waals surface area contributed by atoms with Gasteiger partial charge in [0.15, 0.2) is 0 Å². The van der Waals surface area contributed by atoms with Gasteiger partial charge in [-0.1, -0.05) is 18.2 Å². The van der Waals surface area contributed by atoms with Gasteiger partial charge in [-0.2, -0.15) is 0 Å². The first-order valence-electron chi connectivity index (χ1n) is 12.2. The highest BCUT2D eigenvalue weighted by Crippen LogP contribution is 2.26. The number of benzene rings is 1. The summed E-state index contributed by atoms with van der Waals surface area (Å²) < 4.78 is 20.0. The average Bonchev–Trinajstić information content (AvgIpc) is 3.29. The van der Waals surface area contributed by atoms with Gasteiger partial charge >= 0.3 is 0 Å². The van der Waals surface area contributed by atoms with Crippen LogP contribution in [-0.4, -0.2) is 78.6 Å². The maximum atomic E-state index is 14.0. The first-order chi connectivity index (χ1) is 15.1. The third-order valence-corrected chi connectivity index (χ3v) is 7.44. The Morgan fingerprint density at radius 2 is 1.81 bits per heavy atom. The van der Waals surface area contributed by atoms with E-state index in [1.165, 1.54) is 25.7 Å². The Morgan fingerprint density at radius 1 is 1.06 bits per heavy atom. The molecule has 5 nitrogen and oxygen atoms in total. The predicted molar refractivity (Wildman–Crippen MR) is 120 cm³/mol. The summed E-state index contributed by atoms with van der Waals surface area (Å²) >= 11 is 0. The van der Waals surface area contributed by atoms with Gasteiger partial charge in [0.1, 0.15) is 5.82 Å². The lowest BCUT2D eigenvalue weighted by molar-refractivity contribution is -0.130. The predicted octanol–water partition coefficient (Wildman–Crippen LogP) is 3.53. The third-order valence-electron chi connectivity index (χ3n) is 7.44. The topological polar surface area (TPSA) is 36.0 Å². The molecule has 3 heterocycles. The molecule has 3 saturated heterocycles. The van der Waals surface area contributed by atoms with Crippen molar-refractivity contribution < 1.29 is 13.9 Å². The van der Waals surface area contributed by atoms with Crippen LogP contribution < -0.4 is 0 Å². The zero-order valence-electron chi connectivity index (χ0n) is 19.0. The van der Waals surface area contributed by atoms with Crippen LogP contribution in [0, 0.1) is 11.7 Å². The van der Waals surface area contributed by atoms with Crippen LogP contribution in [0.25, 0.3) is 0 Å². The number of nitrogens with zero attached hydrogens (tertiary/aromatic N) is 3. The summed E-state index contributed by atoms with van der Waals surface area (Å²) in [7, 11) is 0. The summed E-state index contributed by atoms with van der Waals surface area (Å²) in [6.45, 7) is 9.27. The molecule has 1 amide bonds. The smallest absolute Gasteiger partial charge is 0.219 e. The lowest BCUT2D eigenvalue weighted by Gasteiger charge is -2.42. The molecule has 6 heteroatoms. The van der Waals surface area contributed by atoms with Gasteiger partial charge in [0.05, 0.1) is 6.10 Å². The number of amides is 1. The molecule has 3 aliphatic heterocycles. The fourth-order valence-corrected chi connectivity index (χ4v) is 5.49. The van der Waals surface area contributed by atoms with Crippen LogP contribution in [-0.2, 0) is 16.1 Å². The number of piperidine rings is 2. The minimum atomic E-state index is -0.0933. The van der Waals surface area contributed by atoms with Crippen LogP contribution in [0.3, 0.4) is 0 Å². The molecule has 0 N–H and O–H groups in total. The molecule has 0 radical (unpaired) electrons. The molecule has 172 valence electrons. The van der Waals surface area contributed by atoms with Crippen molar-refractivity contribution in [2.75, 3.05) is 45.9 Å². The molecule has 3 aliphatic rings. The van der Waals surface area contributed by atoms with E-state index < -0.39 is 0 Å². The highest BCUT2D eigenvalue weighted by atomic mass is 19.1. The van der Waals surface area contributed by atoms with Crippen LogP contribution in [0.15, 0.2) is 24.3 Å². The van der Waals surface area contributed by atoms with Gasteiger partial charge < -0.3 is 9.64 Å². The molecular weight excluding hydrogens is 393 g/mol. The second-order valence-electron chi connectivity index (χ2n) is 9.64. The minimum absolute atomic E-state index is 0.0933. The van der Waals surface area contributed by atoms with Crippen LogP contribution in [0.5, 0.6) is 0 Å². The van der Waals surface area contributed by atoms with Crippen LogP contribution in [0.4, 0.5) is 4.39 Å². The molecular formula is C25H38FN3O2. The third kappa shape index (κ3) is 6.27. The Bertz CT molecular complexity index is 708.